The van der Waals surface area contributed by atoms with Gasteiger partial charge in [-0.3, -0.25) is 9.79 Å². The van der Waals surface area contributed by atoms with Gasteiger partial charge in [-0.05, 0) is 32.1 Å². The predicted molar refractivity (Wildman–Crippen MR) is 106 cm³/mol. The van der Waals surface area contributed by atoms with Crippen LogP contribution in [0.3, 0.4) is 0 Å². The summed E-state index contributed by atoms with van der Waals surface area (Å²) in [5.41, 5.74) is 0. The van der Waals surface area contributed by atoms with E-state index in [1.54, 1.807) is 0 Å². The monoisotopic (exact) mass is 380 g/mol. The third kappa shape index (κ3) is 6.18. The summed E-state index contributed by atoms with van der Waals surface area (Å²) >= 11 is 1.52. The SMILES string of the molecule is O=C(NCCC1SC(=NC2CCCCCC2)NC1=O)NC1CCCCC1. The summed E-state index contributed by atoms with van der Waals surface area (Å²) in [7, 11) is 0. The maximum Gasteiger partial charge on any atom is 0.315 e. The first-order valence-electron chi connectivity index (χ1n) is 10.3. The number of hydrogen-bond acceptors (Lipinski definition) is 4. The van der Waals surface area contributed by atoms with Gasteiger partial charge in [-0.2, -0.15) is 0 Å². The standard InChI is InChI=1S/C19H32N4O2S/c24-17-16(12-13-20-18(25)21-14-8-6-3-7-9-14)26-19(23-17)22-15-10-4-1-2-5-11-15/h14-16H,1-13H2,(H2,20,21,25)(H,22,23,24). The molecule has 0 radical (unpaired) electrons. The molecule has 0 bridgehead atoms. The van der Waals surface area contributed by atoms with E-state index in [1.807, 2.05) is 0 Å². The molecule has 26 heavy (non-hydrogen) atoms. The van der Waals surface area contributed by atoms with E-state index in [4.69, 9.17) is 4.99 Å². The number of amides is 3. The molecular formula is C19H32N4O2S. The zero-order valence-corrected chi connectivity index (χ0v) is 16.4. The van der Waals surface area contributed by atoms with Crippen LogP contribution in [0.25, 0.3) is 0 Å². The van der Waals surface area contributed by atoms with Crippen molar-refractivity contribution in [3.8, 4) is 0 Å². The number of aliphatic imine (C=N–C) groups is 1. The van der Waals surface area contributed by atoms with Gasteiger partial charge in [0.2, 0.25) is 5.91 Å². The largest absolute Gasteiger partial charge is 0.338 e. The zero-order valence-electron chi connectivity index (χ0n) is 15.6. The van der Waals surface area contributed by atoms with E-state index in [9.17, 15) is 9.59 Å². The molecular weight excluding hydrogens is 348 g/mol. The van der Waals surface area contributed by atoms with E-state index in [1.165, 1.54) is 56.7 Å². The van der Waals surface area contributed by atoms with Crippen molar-refractivity contribution in [2.45, 2.75) is 94.4 Å². The fourth-order valence-corrected chi connectivity index (χ4v) is 5.05. The van der Waals surface area contributed by atoms with Gasteiger partial charge in [0.1, 0.15) is 0 Å². The van der Waals surface area contributed by atoms with Crippen molar-refractivity contribution in [1.82, 2.24) is 16.0 Å². The van der Waals surface area contributed by atoms with Crippen LogP contribution in [0.5, 0.6) is 0 Å². The number of urea groups is 1. The summed E-state index contributed by atoms with van der Waals surface area (Å²) in [6.45, 7) is 0.514. The first-order valence-corrected chi connectivity index (χ1v) is 11.2. The molecule has 1 aliphatic heterocycles. The highest BCUT2D eigenvalue weighted by Crippen LogP contribution is 2.26. The molecule has 0 spiro atoms. The van der Waals surface area contributed by atoms with Crippen LogP contribution in [0.15, 0.2) is 4.99 Å². The lowest BCUT2D eigenvalue weighted by atomic mass is 9.96. The van der Waals surface area contributed by atoms with Crippen molar-refractivity contribution >= 4 is 28.9 Å². The Morgan fingerprint density at radius 3 is 2.42 bits per heavy atom. The molecule has 6 nitrogen and oxygen atoms in total. The molecule has 1 heterocycles. The molecule has 3 N–H and O–H groups in total. The van der Waals surface area contributed by atoms with Gasteiger partial charge in [-0.15, -0.1) is 0 Å². The third-order valence-corrected chi connectivity index (χ3v) is 6.70. The van der Waals surface area contributed by atoms with Gasteiger partial charge >= 0.3 is 6.03 Å². The maximum atomic E-state index is 12.1. The molecule has 2 aliphatic carbocycles. The Morgan fingerprint density at radius 2 is 1.69 bits per heavy atom. The smallest absolute Gasteiger partial charge is 0.315 e. The minimum atomic E-state index is -0.144. The molecule has 0 aromatic heterocycles. The van der Waals surface area contributed by atoms with Gasteiger partial charge in [-0.25, -0.2) is 4.79 Å². The van der Waals surface area contributed by atoms with Gasteiger partial charge in [0, 0.05) is 12.6 Å². The maximum absolute atomic E-state index is 12.1. The second-order valence-electron chi connectivity index (χ2n) is 7.70. The van der Waals surface area contributed by atoms with Gasteiger partial charge in [0.15, 0.2) is 5.17 Å². The molecule has 1 atom stereocenters. The van der Waals surface area contributed by atoms with E-state index in [0.29, 0.717) is 25.0 Å². The number of nitrogens with one attached hydrogen (secondary N) is 3. The number of hydrogen-bond donors (Lipinski definition) is 3. The summed E-state index contributed by atoms with van der Waals surface area (Å²) in [6.07, 6.45) is 13.8. The first-order chi connectivity index (χ1) is 12.7. The van der Waals surface area contributed by atoms with Gasteiger partial charge in [-0.1, -0.05) is 56.7 Å². The van der Waals surface area contributed by atoms with Crippen molar-refractivity contribution in [3.63, 3.8) is 0 Å². The molecule has 1 saturated heterocycles. The van der Waals surface area contributed by atoms with Crippen LogP contribution in [0.1, 0.15) is 77.0 Å². The van der Waals surface area contributed by atoms with Crippen LogP contribution in [-0.2, 0) is 4.79 Å². The van der Waals surface area contributed by atoms with Crippen LogP contribution in [0.2, 0.25) is 0 Å². The summed E-state index contributed by atoms with van der Waals surface area (Å²) in [6, 6.07) is 0.567. The van der Waals surface area contributed by atoms with Crippen LogP contribution >= 0.6 is 11.8 Å². The average Bonchev–Trinajstić information content (AvgIpc) is 2.82. The molecule has 3 rings (SSSR count). The lowest BCUT2D eigenvalue weighted by Crippen LogP contribution is -2.43. The topological polar surface area (TPSA) is 82.6 Å². The second kappa shape index (κ2) is 10.2. The van der Waals surface area contributed by atoms with Crippen molar-refractivity contribution in [2.24, 2.45) is 4.99 Å². The van der Waals surface area contributed by atoms with Gasteiger partial charge in [0.05, 0.1) is 11.3 Å². The lowest BCUT2D eigenvalue weighted by molar-refractivity contribution is -0.118. The first kappa shape index (κ1) is 19.5. The fourth-order valence-electron chi connectivity index (χ4n) is 4.01. The van der Waals surface area contributed by atoms with E-state index in [0.717, 1.165) is 30.9 Å². The molecule has 3 aliphatic rings. The molecule has 3 fully saturated rings. The number of carbonyl (C=O) groups excluding carboxylic acids is 2. The predicted octanol–water partition coefficient (Wildman–Crippen LogP) is 3.32. The Morgan fingerprint density at radius 1 is 1.04 bits per heavy atom. The quantitative estimate of drug-likeness (QED) is 0.640. The van der Waals surface area contributed by atoms with Crippen molar-refractivity contribution in [3.05, 3.63) is 0 Å². The average molecular weight is 381 g/mol. The Kier molecular flexibility index (Phi) is 7.65. The minimum Gasteiger partial charge on any atom is -0.338 e. The van der Waals surface area contributed by atoms with Gasteiger partial charge in [0.25, 0.3) is 0 Å². The van der Waals surface area contributed by atoms with E-state index in [2.05, 4.69) is 16.0 Å². The molecule has 0 aromatic carbocycles. The van der Waals surface area contributed by atoms with Crippen molar-refractivity contribution < 1.29 is 9.59 Å². The number of rotatable bonds is 5. The highest BCUT2D eigenvalue weighted by atomic mass is 32.2. The summed E-state index contributed by atoms with van der Waals surface area (Å²) in [5.74, 6) is 0.0249. The molecule has 3 amide bonds. The number of carbonyl (C=O) groups is 2. The Hall–Kier alpha value is -1.24. The van der Waals surface area contributed by atoms with Gasteiger partial charge < -0.3 is 16.0 Å². The number of thioether (sulfide) groups is 1. The highest BCUT2D eigenvalue weighted by molar-refractivity contribution is 8.15. The molecule has 7 heteroatoms. The Labute approximate surface area is 160 Å². The minimum absolute atomic E-state index is 0.0249. The molecule has 0 aromatic rings. The normalized spacial score (nSPS) is 27.2. The van der Waals surface area contributed by atoms with Crippen LogP contribution in [-0.4, -0.2) is 41.0 Å². The Bertz CT molecular complexity index is 512. The van der Waals surface area contributed by atoms with Crippen molar-refractivity contribution in [2.75, 3.05) is 6.54 Å². The van der Waals surface area contributed by atoms with Crippen LogP contribution in [0.4, 0.5) is 4.79 Å². The van der Waals surface area contributed by atoms with Crippen LogP contribution < -0.4 is 16.0 Å². The Balaban J connectivity index is 1.36. The molecule has 1 unspecified atom stereocenters. The molecule has 2 saturated carbocycles. The second-order valence-corrected chi connectivity index (χ2v) is 8.89. The van der Waals surface area contributed by atoms with Crippen molar-refractivity contribution in [1.29, 1.82) is 0 Å². The number of nitrogens with zero attached hydrogens (tertiary/aromatic N) is 1. The van der Waals surface area contributed by atoms with Crippen LogP contribution in [0, 0.1) is 0 Å². The highest BCUT2D eigenvalue weighted by Gasteiger charge is 2.30. The zero-order chi connectivity index (χ0) is 18.2. The lowest BCUT2D eigenvalue weighted by Gasteiger charge is -2.22. The third-order valence-electron chi connectivity index (χ3n) is 5.53. The summed E-state index contributed by atoms with van der Waals surface area (Å²) < 4.78 is 0. The van der Waals surface area contributed by atoms with E-state index >= 15 is 0 Å². The summed E-state index contributed by atoms with van der Waals surface area (Å²) in [4.78, 5) is 28.9. The van der Waals surface area contributed by atoms with E-state index in [-0.39, 0.29) is 17.2 Å². The summed E-state index contributed by atoms with van der Waals surface area (Å²) in [5, 5.41) is 9.50. The van der Waals surface area contributed by atoms with E-state index < -0.39 is 0 Å². The number of amidine groups is 1. The molecule has 146 valence electrons. The fraction of sp³-hybridized carbons (Fsp3) is 0.842.